The van der Waals surface area contributed by atoms with Gasteiger partial charge in [0.1, 0.15) is 11.6 Å². The average molecular weight is 272 g/mol. The Morgan fingerprint density at radius 2 is 2.05 bits per heavy atom. The lowest BCUT2D eigenvalue weighted by molar-refractivity contribution is -0.118. The molecular formula is C15H20N4O. The molecule has 106 valence electrons. The number of nitrogens with one attached hydrogen (secondary N) is 2. The van der Waals surface area contributed by atoms with Crippen molar-refractivity contribution in [2.24, 2.45) is 0 Å². The van der Waals surface area contributed by atoms with Crippen LogP contribution in [0.4, 0.5) is 11.4 Å². The van der Waals surface area contributed by atoms with E-state index in [2.05, 4.69) is 10.6 Å². The van der Waals surface area contributed by atoms with Gasteiger partial charge in [-0.2, -0.15) is 5.26 Å². The first-order chi connectivity index (χ1) is 9.23. The van der Waals surface area contributed by atoms with Crippen molar-refractivity contribution in [1.82, 2.24) is 5.32 Å². The number of rotatable bonds is 3. The molecule has 1 aromatic carbocycles. The minimum absolute atomic E-state index is 0.0000926. The second kappa shape index (κ2) is 6.11. The molecular weight excluding hydrogens is 252 g/mol. The molecule has 1 rings (SSSR count). The van der Waals surface area contributed by atoms with Gasteiger partial charge in [0.15, 0.2) is 0 Å². The van der Waals surface area contributed by atoms with Crippen LogP contribution in [-0.2, 0) is 4.79 Å². The van der Waals surface area contributed by atoms with E-state index in [4.69, 9.17) is 11.0 Å². The predicted molar refractivity (Wildman–Crippen MR) is 80.8 cm³/mol. The van der Waals surface area contributed by atoms with Crippen LogP contribution in [0.25, 0.3) is 0 Å². The van der Waals surface area contributed by atoms with E-state index >= 15 is 0 Å². The molecule has 0 bridgehead atoms. The summed E-state index contributed by atoms with van der Waals surface area (Å²) in [6.07, 6.45) is 1.36. The zero-order valence-electron chi connectivity index (χ0n) is 12.2. The van der Waals surface area contributed by atoms with Crippen molar-refractivity contribution >= 4 is 17.3 Å². The molecule has 0 aliphatic rings. The standard InChI is InChI=1S/C15H20N4O/c1-10-5-6-13(12(17)7-10)18-9-11(8-16)14(20)19-15(2,3)4/h5-7,9,18H,17H2,1-4H3,(H,19,20)/b11-9-. The van der Waals surface area contributed by atoms with Crippen LogP contribution in [0.5, 0.6) is 0 Å². The summed E-state index contributed by atoms with van der Waals surface area (Å²) in [5.41, 5.74) is 7.73. The number of nitrogens with zero attached hydrogens (tertiary/aromatic N) is 1. The first-order valence-electron chi connectivity index (χ1n) is 6.28. The third-order valence-corrected chi connectivity index (χ3v) is 2.43. The fourth-order valence-electron chi connectivity index (χ4n) is 1.52. The maximum atomic E-state index is 11.9. The van der Waals surface area contributed by atoms with Crippen molar-refractivity contribution in [3.05, 3.63) is 35.5 Å². The number of hydrogen-bond acceptors (Lipinski definition) is 4. The summed E-state index contributed by atoms with van der Waals surface area (Å²) in [6, 6.07) is 7.39. The van der Waals surface area contributed by atoms with Crippen LogP contribution in [0, 0.1) is 18.3 Å². The molecule has 0 heterocycles. The molecule has 0 radical (unpaired) electrons. The number of aryl methyl sites for hydroxylation is 1. The maximum Gasteiger partial charge on any atom is 0.263 e. The first-order valence-corrected chi connectivity index (χ1v) is 6.28. The lowest BCUT2D eigenvalue weighted by Gasteiger charge is -2.20. The van der Waals surface area contributed by atoms with Crippen molar-refractivity contribution in [2.45, 2.75) is 33.2 Å². The van der Waals surface area contributed by atoms with Gasteiger partial charge in [-0.1, -0.05) is 6.07 Å². The fourth-order valence-corrected chi connectivity index (χ4v) is 1.52. The highest BCUT2D eigenvalue weighted by molar-refractivity contribution is 5.98. The van der Waals surface area contributed by atoms with Gasteiger partial charge in [-0.15, -0.1) is 0 Å². The first kappa shape index (κ1) is 15.6. The average Bonchev–Trinajstić information content (AvgIpc) is 2.30. The summed E-state index contributed by atoms with van der Waals surface area (Å²) in [6.45, 7) is 7.50. The molecule has 0 spiro atoms. The molecule has 4 N–H and O–H groups in total. The van der Waals surface area contributed by atoms with Gasteiger partial charge >= 0.3 is 0 Å². The number of amides is 1. The zero-order valence-corrected chi connectivity index (χ0v) is 12.2. The molecule has 0 fully saturated rings. The number of carbonyl (C=O) groups is 1. The van der Waals surface area contributed by atoms with Crippen molar-refractivity contribution in [1.29, 1.82) is 5.26 Å². The van der Waals surface area contributed by atoms with Crippen molar-refractivity contribution in [3.63, 3.8) is 0 Å². The van der Waals surface area contributed by atoms with Crippen molar-refractivity contribution in [3.8, 4) is 6.07 Å². The quantitative estimate of drug-likeness (QED) is 0.447. The Balaban J connectivity index is 2.86. The highest BCUT2D eigenvalue weighted by atomic mass is 16.1. The summed E-state index contributed by atoms with van der Waals surface area (Å²) in [4.78, 5) is 11.9. The Morgan fingerprint density at radius 1 is 1.40 bits per heavy atom. The number of nitriles is 1. The van der Waals surface area contributed by atoms with Crippen LogP contribution in [0.3, 0.4) is 0 Å². The van der Waals surface area contributed by atoms with Crippen LogP contribution in [0.15, 0.2) is 30.0 Å². The van der Waals surface area contributed by atoms with Crippen molar-refractivity contribution in [2.75, 3.05) is 11.1 Å². The summed E-state index contributed by atoms with van der Waals surface area (Å²) >= 11 is 0. The monoisotopic (exact) mass is 272 g/mol. The van der Waals surface area contributed by atoms with Crippen LogP contribution >= 0.6 is 0 Å². The third-order valence-electron chi connectivity index (χ3n) is 2.43. The lowest BCUT2D eigenvalue weighted by Crippen LogP contribution is -2.41. The van der Waals surface area contributed by atoms with E-state index in [1.165, 1.54) is 6.20 Å². The number of carbonyl (C=O) groups excluding carboxylic acids is 1. The van der Waals surface area contributed by atoms with Gasteiger partial charge in [-0.3, -0.25) is 4.79 Å². The molecule has 1 aromatic rings. The van der Waals surface area contributed by atoms with Crippen molar-refractivity contribution < 1.29 is 4.79 Å². The fraction of sp³-hybridized carbons (Fsp3) is 0.333. The van der Waals surface area contributed by atoms with Gasteiger partial charge in [-0.05, 0) is 45.4 Å². The molecule has 0 aromatic heterocycles. The second-order valence-corrected chi connectivity index (χ2v) is 5.61. The second-order valence-electron chi connectivity index (χ2n) is 5.61. The molecule has 5 heteroatoms. The number of anilines is 2. The molecule has 5 nitrogen and oxygen atoms in total. The zero-order chi connectivity index (χ0) is 15.3. The van der Waals surface area contributed by atoms with E-state index < -0.39 is 11.4 Å². The van der Waals surface area contributed by atoms with E-state index in [-0.39, 0.29) is 5.57 Å². The van der Waals surface area contributed by atoms with Gasteiger partial charge in [0.05, 0.1) is 11.4 Å². The Morgan fingerprint density at radius 3 is 2.55 bits per heavy atom. The van der Waals surface area contributed by atoms with E-state index in [0.29, 0.717) is 11.4 Å². The molecule has 0 atom stereocenters. The smallest absolute Gasteiger partial charge is 0.263 e. The predicted octanol–water partition coefficient (Wildman–Crippen LogP) is 2.31. The molecule has 0 aliphatic carbocycles. The largest absolute Gasteiger partial charge is 0.397 e. The SMILES string of the molecule is Cc1ccc(N/C=C(/C#N)C(=O)NC(C)(C)C)c(N)c1. The minimum atomic E-state index is -0.418. The number of benzene rings is 1. The van der Waals surface area contributed by atoms with E-state index in [9.17, 15) is 4.79 Å². The Kier molecular flexibility index (Phi) is 4.76. The van der Waals surface area contributed by atoms with Gasteiger partial charge in [0.2, 0.25) is 0 Å². The number of nitrogens with two attached hydrogens (primary N) is 1. The molecule has 0 saturated carbocycles. The van der Waals surface area contributed by atoms with Gasteiger partial charge in [0.25, 0.3) is 5.91 Å². The molecule has 0 aliphatic heterocycles. The molecule has 1 amide bonds. The molecule has 0 unspecified atom stereocenters. The molecule has 20 heavy (non-hydrogen) atoms. The van der Waals surface area contributed by atoms with Crippen LogP contribution in [0.2, 0.25) is 0 Å². The van der Waals surface area contributed by atoms with Crippen LogP contribution < -0.4 is 16.4 Å². The van der Waals surface area contributed by atoms with E-state index in [1.54, 1.807) is 6.07 Å². The highest BCUT2D eigenvalue weighted by Gasteiger charge is 2.17. The number of nitrogen functional groups attached to an aromatic ring is 1. The van der Waals surface area contributed by atoms with Gasteiger partial charge in [-0.25, -0.2) is 0 Å². The van der Waals surface area contributed by atoms with E-state index in [0.717, 1.165) is 5.56 Å². The number of hydrogen-bond donors (Lipinski definition) is 3. The summed E-state index contributed by atoms with van der Waals surface area (Å²) in [5, 5.41) is 14.7. The summed E-state index contributed by atoms with van der Waals surface area (Å²) < 4.78 is 0. The van der Waals surface area contributed by atoms with Crippen LogP contribution in [-0.4, -0.2) is 11.4 Å². The van der Waals surface area contributed by atoms with Crippen LogP contribution in [0.1, 0.15) is 26.3 Å². The maximum absolute atomic E-state index is 11.9. The Hall–Kier alpha value is -2.48. The summed E-state index contributed by atoms with van der Waals surface area (Å²) in [5.74, 6) is -0.418. The normalized spacial score (nSPS) is 11.7. The Bertz CT molecular complexity index is 577. The van der Waals surface area contributed by atoms with E-state index in [1.807, 2.05) is 45.9 Å². The Labute approximate surface area is 119 Å². The summed E-state index contributed by atoms with van der Waals surface area (Å²) in [7, 11) is 0. The third kappa shape index (κ3) is 4.65. The minimum Gasteiger partial charge on any atom is -0.397 e. The topological polar surface area (TPSA) is 90.9 Å². The molecule has 0 saturated heterocycles. The highest BCUT2D eigenvalue weighted by Crippen LogP contribution is 2.19. The van der Waals surface area contributed by atoms with Gasteiger partial charge < -0.3 is 16.4 Å². The lowest BCUT2D eigenvalue weighted by atomic mass is 10.1. The van der Waals surface area contributed by atoms with Gasteiger partial charge in [0, 0.05) is 11.7 Å².